The van der Waals surface area contributed by atoms with Crippen LogP contribution in [-0.4, -0.2) is 37.2 Å². The quantitative estimate of drug-likeness (QED) is 0.337. The molecule has 2 heterocycles. The van der Waals surface area contributed by atoms with Crippen molar-refractivity contribution in [2.24, 2.45) is 0 Å². The van der Waals surface area contributed by atoms with E-state index in [4.69, 9.17) is 4.74 Å². The lowest BCUT2D eigenvalue weighted by Crippen LogP contribution is -2.30. The number of rotatable bonds is 6. The zero-order valence-electron chi connectivity index (χ0n) is 17.6. The molecular weight excluding hydrogens is 432 g/mol. The van der Waals surface area contributed by atoms with Gasteiger partial charge in [0.15, 0.2) is 5.82 Å². The number of nitrogens with one attached hydrogen (secondary N) is 1. The smallest absolute Gasteiger partial charge is 0.338 e. The maximum absolute atomic E-state index is 12.9. The molecule has 0 spiro atoms. The Labute approximate surface area is 186 Å². The lowest BCUT2D eigenvalue weighted by Gasteiger charge is -2.27. The van der Waals surface area contributed by atoms with Crippen LogP contribution in [-0.2, 0) is 9.53 Å². The van der Waals surface area contributed by atoms with Gasteiger partial charge in [0.05, 0.1) is 27.6 Å². The first-order valence-electron chi connectivity index (χ1n) is 9.91. The molecule has 0 amide bonds. The average Bonchev–Trinajstić information content (AvgIpc) is 3.22. The van der Waals surface area contributed by atoms with Gasteiger partial charge in [0.2, 0.25) is 5.95 Å². The van der Waals surface area contributed by atoms with Crippen molar-refractivity contribution in [2.75, 3.05) is 11.9 Å². The van der Waals surface area contributed by atoms with E-state index in [0.717, 1.165) is 0 Å². The first kappa shape index (κ1) is 21.6. The normalized spacial score (nSPS) is 14.9. The SMILES string of the molecule is CCOC(=O)C1=C(C)Nc2nc(-c3cccc([N+](=O)[O-])c3)nn2C1c1ccccc1[N+](=O)[O-]. The molecule has 4 rings (SSSR count). The Morgan fingerprint density at radius 3 is 2.61 bits per heavy atom. The molecule has 12 nitrogen and oxygen atoms in total. The van der Waals surface area contributed by atoms with Gasteiger partial charge in [-0.15, -0.1) is 5.10 Å². The summed E-state index contributed by atoms with van der Waals surface area (Å²) in [5.41, 5.74) is 0.825. The summed E-state index contributed by atoms with van der Waals surface area (Å²) in [6.07, 6.45) is 0. The van der Waals surface area contributed by atoms with Crippen molar-refractivity contribution in [1.82, 2.24) is 14.8 Å². The summed E-state index contributed by atoms with van der Waals surface area (Å²) in [7, 11) is 0. The first-order valence-corrected chi connectivity index (χ1v) is 9.91. The van der Waals surface area contributed by atoms with Gasteiger partial charge >= 0.3 is 5.97 Å². The molecule has 0 aliphatic carbocycles. The minimum atomic E-state index is -0.998. The molecule has 1 aromatic heterocycles. The van der Waals surface area contributed by atoms with Crippen LogP contribution in [0.2, 0.25) is 0 Å². The number of nitro benzene ring substituents is 2. The summed E-state index contributed by atoms with van der Waals surface area (Å²) in [4.78, 5) is 39.1. The van der Waals surface area contributed by atoms with E-state index < -0.39 is 21.9 Å². The van der Waals surface area contributed by atoms with Gasteiger partial charge in [-0.2, -0.15) is 4.98 Å². The van der Waals surface area contributed by atoms with Crippen molar-refractivity contribution in [3.05, 3.63) is 85.6 Å². The number of aromatic nitrogens is 3. The second-order valence-corrected chi connectivity index (χ2v) is 7.11. The third kappa shape index (κ3) is 3.89. The molecule has 33 heavy (non-hydrogen) atoms. The Balaban J connectivity index is 1.92. The van der Waals surface area contributed by atoms with Crippen molar-refractivity contribution in [2.45, 2.75) is 19.9 Å². The third-order valence-electron chi connectivity index (χ3n) is 5.09. The molecule has 0 saturated carbocycles. The van der Waals surface area contributed by atoms with Crippen LogP contribution in [0.3, 0.4) is 0 Å². The highest BCUT2D eigenvalue weighted by Crippen LogP contribution is 2.40. The molecule has 1 unspecified atom stereocenters. The molecule has 1 N–H and O–H groups in total. The van der Waals surface area contributed by atoms with Gasteiger partial charge in [-0.1, -0.05) is 24.3 Å². The van der Waals surface area contributed by atoms with Crippen LogP contribution < -0.4 is 5.32 Å². The Morgan fingerprint density at radius 1 is 1.15 bits per heavy atom. The summed E-state index contributed by atoms with van der Waals surface area (Å²) >= 11 is 0. The molecule has 1 atom stereocenters. The highest BCUT2D eigenvalue weighted by Gasteiger charge is 2.38. The van der Waals surface area contributed by atoms with Gasteiger partial charge in [0, 0.05) is 29.5 Å². The van der Waals surface area contributed by atoms with Crippen molar-refractivity contribution in [3.8, 4) is 11.4 Å². The van der Waals surface area contributed by atoms with Crippen LogP contribution >= 0.6 is 0 Å². The summed E-state index contributed by atoms with van der Waals surface area (Å²) in [5, 5.41) is 30.4. The highest BCUT2D eigenvalue weighted by molar-refractivity contribution is 5.92. The average molecular weight is 450 g/mol. The Morgan fingerprint density at radius 2 is 1.91 bits per heavy atom. The standard InChI is InChI=1S/C21H18N6O6/c1-3-33-20(28)17-12(2)22-21-23-19(13-7-6-8-14(11-13)26(29)30)24-25(21)18(17)15-9-4-5-10-16(15)27(31)32/h4-11,18H,3H2,1-2H3,(H,22,23,24). The maximum Gasteiger partial charge on any atom is 0.338 e. The number of non-ortho nitro benzene ring substituents is 1. The van der Waals surface area contributed by atoms with Gasteiger partial charge in [0.1, 0.15) is 6.04 Å². The van der Waals surface area contributed by atoms with Crippen LogP contribution in [0.25, 0.3) is 11.4 Å². The third-order valence-corrected chi connectivity index (χ3v) is 5.09. The zero-order valence-corrected chi connectivity index (χ0v) is 17.6. The van der Waals surface area contributed by atoms with E-state index in [1.807, 2.05) is 0 Å². The minimum absolute atomic E-state index is 0.113. The number of hydrogen-bond donors (Lipinski definition) is 1. The highest BCUT2D eigenvalue weighted by atomic mass is 16.6. The van der Waals surface area contributed by atoms with Crippen molar-refractivity contribution in [1.29, 1.82) is 0 Å². The number of benzene rings is 2. The van der Waals surface area contributed by atoms with Crippen molar-refractivity contribution < 1.29 is 19.4 Å². The van der Waals surface area contributed by atoms with Crippen LogP contribution in [0.15, 0.2) is 59.8 Å². The molecule has 12 heteroatoms. The van der Waals surface area contributed by atoms with E-state index in [-0.39, 0.29) is 40.9 Å². The lowest BCUT2D eigenvalue weighted by atomic mass is 9.94. The number of carbonyl (C=O) groups is 1. The molecule has 2 aromatic carbocycles. The van der Waals surface area contributed by atoms with E-state index in [1.165, 1.54) is 35.0 Å². The Kier molecular flexibility index (Phi) is 5.56. The number of hydrogen-bond acceptors (Lipinski definition) is 9. The molecule has 0 radical (unpaired) electrons. The van der Waals surface area contributed by atoms with Crippen molar-refractivity contribution >= 4 is 23.3 Å². The zero-order chi connectivity index (χ0) is 23.7. The molecule has 1 aliphatic heterocycles. The summed E-state index contributed by atoms with van der Waals surface area (Å²) in [5.74, 6) is -0.267. The number of allylic oxidation sites excluding steroid dienone is 1. The number of carbonyl (C=O) groups excluding carboxylic acids is 1. The second-order valence-electron chi connectivity index (χ2n) is 7.11. The van der Waals surface area contributed by atoms with Gasteiger partial charge < -0.3 is 10.1 Å². The lowest BCUT2D eigenvalue weighted by molar-refractivity contribution is -0.385. The van der Waals surface area contributed by atoms with Crippen LogP contribution in [0.1, 0.15) is 25.5 Å². The monoisotopic (exact) mass is 450 g/mol. The van der Waals surface area contributed by atoms with Crippen LogP contribution in [0, 0.1) is 20.2 Å². The molecule has 3 aromatic rings. The largest absolute Gasteiger partial charge is 0.463 e. The first-order chi connectivity index (χ1) is 15.8. The molecule has 0 bridgehead atoms. The number of fused-ring (bicyclic) bond motifs is 1. The number of anilines is 1. The molecule has 0 saturated heterocycles. The van der Waals surface area contributed by atoms with Crippen LogP contribution in [0.5, 0.6) is 0 Å². The number of nitrogens with zero attached hydrogens (tertiary/aromatic N) is 5. The van der Waals surface area contributed by atoms with Gasteiger partial charge in [0.25, 0.3) is 11.4 Å². The summed E-state index contributed by atoms with van der Waals surface area (Å²) in [6.45, 7) is 3.41. The molecule has 0 fully saturated rings. The molecular formula is C21H18N6O6. The number of esters is 1. The van der Waals surface area contributed by atoms with Gasteiger partial charge in [-0.3, -0.25) is 20.2 Å². The van der Waals surface area contributed by atoms with E-state index >= 15 is 0 Å². The predicted octanol–water partition coefficient (Wildman–Crippen LogP) is 3.61. The van der Waals surface area contributed by atoms with E-state index in [1.54, 1.807) is 32.0 Å². The molecule has 168 valence electrons. The fraction of sp³-hybridized carbons (Fsp3) is 0.190. The minimum Gasteiger partial charge on any atom is -0.463 e. The summed E-state index contributed by atoms with van der Waals surface area (Å²) in [6, 6.07) is 10.8. The Bertz CT molecular complexity index is 1310. The number of para-hydroxylation sites is 1. The topological polar surface area (TPSA) is 155 Å². The van der Waals surface area contributed by atoms with E-state index in [9.17, 15) is 25.0 Å². The predicted molar refractivity (Wildman–Crippen MR) is 116 cm³/mol. The van der Waals surface area contributed by atoms with E-state index in [2.05, 4.69) is 15.4 Å². The van der Waals surface area contributed by atoms with Gasteiger partial charge in [-0.25, -0.2) is 9.48 Å². The number of nitro groups is 2. The fourth-order valence-corrected chi connectivity index (χ4v) is 3.68. The fourth-order valence-electron chi connectivity index (χ4n) is 3.68. The summed E-state index contributed by atoms with van der Waals surface area (Å²) < 4.78 is 6.57. The Hall–Kier alpha value is -4.61. The second kappa shape index (κ2) is 8.49. The number of ether oxygens (including phenoxy) is 1. The maximum atomic E-state index is 12.9. The van der Waals surface area contributed by atoms with Gasteiger partial charge in [-0.05, 0) is 19.9 Å². The van der Waals surface area contributed by atoms with E-state index in [0.29, 0.717) is 11.3 Å². The van der Waals surface area contributed by atoms with Crippen LogP contribution in [0.4, 0.5) is 17.3 Å². The van der Waals surface area contributed by atoms with Crippen molar-refractivity contribution in [3.63, 3.8) is 0 Å². The molecule has 1 aliphatic rings.